The molecule has 1 aromatic rings. The van der Waals surface area contributed by atoms with Crippen molar-refractivity contribution in [3.8, 4) is 0 Å². The summed E-state index contributed by atoms with van der Waals surface area (Å²) >= 11 is 0. The molecule has 0 saturated carbocycles. The second-order valence-corrected chi connectivity index (χ2v) is 3.88. The number of nitrogens with one attached hydrogen (secondary N) is 2. The van der Waals surface area contributed by atoms with Gasteiger partial charge in [-0.25, -0.2) is 0 Å². The Hall–Kier alpha value is -1.06. The summed E-state index contributed by atoms with van der Waals surface area (Å²) < 4.78 is 0. The fourth-order valence-corrected chi connectivity index (χ4v) is 1.50. The summed E-state index contributed by atoms with van der Waals surface area (Å²) in [5, 5.41) is 5.64. The molecule has 0 heterocycles. The first-order chi connectivity index (χ1) is 7.76. The number of likely N-dealkylation sites (N-methyl/N-ethyl adjacent to an activating group) is 1. The smallest absolute Gasteiger partial charge is 0.238 e. The maximum Gasteiger partial charge on any atom is 0.238 e. The van der Waals surface area contributed by atoms with E-state index in [-0.39, 0.29) is 18.3 Å². The van der Waals surface area contributed by atoms with Gasteiger partial charge in [-0.1, -0.05) is 25.5 Å². The van der Waals surface area contributed by atoms with Crippen LogP contribution in [0.15, 0.2) is 24.3 Å². The molecule has 1 amide bonds. The monoisotopic (exact) mass is 256 g/mol. The molecule has 0 aliphatic carbocycles. The van der Waals surface area contributed by atoms with Crippen molar-refractivity contribution in [2.24, 2.45) is 0 Å². The van der Waals surface area contributed by atoms with Crippen LogP contribution in [0.3, 0.4) is 0 Å². The van der Waals surface area contributed by atoms with Crippen LogP contribution in [0, 0.1) is 0 Å². The number of hydrogen-bond acceptors (Lipinski definition) is 2. The summed E-state index contributed by atoms with van der Waals surface area (Å²) in [6.07, 6.45) is 3.54. The third-order valence-corrected chi connectivity index (χ3v) is 2.39. The lowest BCUT2D eigenvalue weighted by Crippen LogP contribution is -2.24. The average molecular weight is 257 g/mol. The van der Waals surface area contributed by atoms with Crippen molar-refractivity contribution in [3.05, 3.63) is 29.8 Å². The molecule has 1 rings (SSSR count). The summed E-state index contributed by atoms with van der Waals surface area (Å²) in [5.41, 5.74) is 2.19. The summed E-state index contributed by atoms with van der Waals surface area (Å²) in [7, 11) is 1.76. The largest absolute Gasteiger partial charge is 0.325 e. The van der Waals surface area contributed by atoms with Gasteiger partial charge in [0.25, 0.3) is 0 Å². The van der Waals surface area contributed by atoms with Crippen molar-refractivity contribution in [2.75, 3.05) is 18.9 Å². The number of benzene rings is 1. The molecule has 3 nitrogen and oxygen atoms in total. The lowest BCUT2D eigenvalue weighted by molar-refractivity contribution is -0.115. The molecule has 96 valence electrons. The molecular formula is C13H21ClN2O. The van der Waals surface area contributed by atoms with E-state index in [0.29, 0.717) is 6.54 Å². The van der Waals surface area contributed by atoms with Crippen molar-refractivity contribution in [1.29, 1.82) is 0 Å². The molecular weight excluding hydrogens is 236 g/mol. The highest BCUT2D eigenvalue weighted by Crippen LogP contribution is 2.11. The van der Waals surface area contributed by atoms with Crippen molar-refractivity contribution < 1.29 is 4.79 Å². The van der Waals surface area contributed by atoms with E-state index in [9.17, 15) is 4.79 Å². The van der Waals surface area contributed by atoms with Crippen LogP contribution >= 0.6 is 12.4 Å². The Labute approximate surface area is 109 Å². The minimum atomic E-state index is -0.0104. The Morgan fingerprint density at radius 1 is 1.24 bits per heavy atom. The lowest BCUT2D eigenvalue weighted by atomic mass is 10.1. The maximum absolute atomic E-state index is 11.3. The minimum absolute atomic E-state index is 0. The Morgan fingerprint density at radius 3 is 2.41 bits per heavy atom. The van der Waals surface area contributed by atoms with E-state index in [1.165, 1.54) is 18.4 Å². The number of unbranched alkanes of at least 4 members (excludes halogenated alkanes) is 1. The Bertz CT molecular complexity index is 325. The van der Waals surface area contributed by atoms with Gasteiger partial charge in [0.2, 0.25) is 5.91 Å². The van der Waals surface area contributed by atoms with Crippen LogP contribution in [0.1, 0.15) is 25.3 Å². The van der Waals surface area contributed by atoms with Crippen molar-refractivity contribution >= 4 is 24.0 Å². The molecule has 0 fully saturated rings. The molecule has 0 unspecified atom stereocenters. The molecule has 0 aliphatic rings. The van der Waals surface area contributed by atoms with Gasteiger partial charge in [-0.05, 0) is 37.6 Å². The highest BCUT2D eigenvalue weighted by molar-refractivity contribution is 5.92. The molecule has 0 spiro atoms. The number of carbonyl (C=O) groups is 1. The van der Waals surface area contributed by atoms with E-state index < -0.39 is 0 Å². The van der Waals surface area contributed by atoms with E-state index in [1.807, 2.05) is 12.1 Å². The Balaban J connectivity index is 0.00000256. The number of amides is 1. The third kappa shape index (κ3) is 6.29. The number of halogens is 1. The first-order valence-corrected chi connectivity index (χ1v) is 5.79. The zero-order chi connectivity index (χ0) is 11.8. The average Bonchev–Trinajstić information content (AvgIpc) is 2.28. The summed E-state index contributed by atoms with van der Waals surface area (Å²) in [6, 6.07) is 8.06. The number of hydrogen-bond donors (Lipinski definition) is 2. The highest BCUT2D eigenvalue weighted by atomic mass is 35.5. The first-order valence-electron chi connectivity index (χ1n) is 5.79. The van der Waals surface area contributed by atoms with Crippen LogP contribution in [0.2, 0.25) is 0 Å². The molecule has 4 heteroatoms. The number of anilines is 1. The van der Waals surface area contributed by atoms with Crippen molar-refractivity contribution in [3.63, 3.8) is 0 Å². The second kappa shape index (κ2) is 9.02. The first kappa shape index (κ1) is 15.9. The molecule has 0 atom stereocenters. The Kier molecular flexibility index (Phi) is 8.46. The zero-order valence-corrected chi connectivity index (χ0v) is 11.3. The fraction of sp³-hybridized carbons (Fsp3) is 0.462. The number of rotatable bonds is 6. The van der Waals surface area contributed by atoms with Gasteiger partial charge >= 0.3 is 0 Å². The molecule has 17 heavy (non-hydrogen) atoms. The van der Waals surface area contributed by atoms with Crippen LogP contribution in [0.25, 0.3) is 0 Å². The van der Waals surface area contributed by atoms with Gasteiger partial charge in [0.05, 0.1) is 6.54 Å². The molecule has 1 aromatic carbocycles. The SMILES string of the molecule is CCCCc1ccc(NC(=O)CNC)cc1.Cl. The minimum Gasteiger partial charge on any atom is -0.325 e. The highest BCUT2D eigenvalue weighted by Gasteiger charge is 2.00. The van der Waals surface area contributed by atoms with Gasteiger partial charge in [0, 0.05) is 5.69 Å². The maximum atomic E-state index is 11.3. The summed E-state index contributed by atoms with van der Waals surface area (Å²) in [5.74, 6) is -0.0104. The van der Waals surface area contributed by atoms with Crippen LogP contribution in [-0.2, 0) is 11.2 Å². The molecule has 0 aliphatic heterocycles. The van der Waals surface area contributed by atoms with Gasteiger partial charge in [-0.2, -0.15) is 0 Å². The molecule has 0 radical (unpaired) electrons. The van der Waals surface area contributed by atoms with Crippen LogP contribution in [0.4, 0.5) is 5.69 Å². The van der Waals surface area contributed by atoms with Crippen molar-refractivity contribution in [2.45, 2.75) is 26.2 Å². The molecule has 0 saturated heterocycles. The van der Waals surface area contributed by atoms with Gasteiger partial charge in [-0.15, -0.1) is 12.4 Å². The molecule has 2 N–H and O–H groups in total. The molecule has 0 aromatic heterocycles. The van der Waals surface area contributed by atoms with Gasteiger partial charge in [0.1, 0.15) is 0 Å². The van der Waals surface area contributed by atoms with Gasteiger partial charge in [0.15, 0.2) is 0 Å². The quantitative estimate of drug-likeness (QED) is 0.822. The summed E-state index contributed by atoms with van der Waals surface area (Å²) in [6.45, 7) is 2.53. The van der Waals surface area contributed by atoms with Crippen LogP contribution < -0.4 is 10.6 Å². The number of aryl methyl sites for hydroxylation is 1. The fourth-order valence-electron chi connectivity index (χ4n) is 1.50. The third-order valence-electron chi connectivity index (χ3n) is 2.39. The molecule has 0 bridgehead atoms. The Morgan fingerprint density at radius 2 is 1.88 bits per heavy atom. The van der Waals surface area contributed by atoms with Gasteiger partial charge in [-0.3, -0.25) is 4.79 Å². The van der Waals surface area contributed by atoms with E-state index in [1.54, 1.807) is 7.05 Å². The standard InChI is InChI=1S/C13H20N2O.ClH/c1-3-4-5-11-6-8-12(9-7-11)15-13(16)10-14-2;/h6-9,14H,3-5,10H2,1-2H3,(H,15,16);1H. The normalized spacial score (nSPS) is 9.53. The second-order valence-electron chi connectivity index (χ2n) is 3.88. The van der Waals surface area contributed by atoms with E-state index >= 15 is 0 Å². The van der Waals surface area contributed by atoms with Crippen LogP contribution in [0.5, 0.6) is 0 Å². The predicted octanol–water partition coefficient (Wildman–Crippen LogP) is 2.61. The van der Waals surface area contributed by atoms with Gasteiger partial charge < -0.3 is 10.6 Å². The predicted molar refractivity (Wildman–Crippen MR) is 74.9 cm³/mol. The number of carbonyl (C=O) groups excluding carboxylic acids is 1. The lowest BCUT2D eigenvalue weighted by Gasteiger charge is -2.06. The van der Waals surface area contributed by atoms with Crippen molar-refractivity contribution in [1.82, 2.24) is 5.32 Å². The zero-order valence-electron chi connectivity index (χ0n) is 10.5. The van der Waals surface area contributed by atoms with E-state index in [0.717, 1.165) is 12.1 Å². The van der Waals surface area contributed by atoms with E-state index in [2.05, 4.69) is 29.7 Å². The topological polar surface area (TPSA) is 41.1 Å². The summed E-state index contributed by atoms with van der Waals surface area (Å²) in [4.78, 5) is 11.3. The van der Waals surface area contributed by atoms with E-state index in [4.69, 9.17) is 0 Å². The van der Waals surface area contributed by atoms with Crippen LogP contribution in [-0.4, -0.2) is 19.5 Å².